The molecule has 2 N–H and O–H groups in total. The van der Waals surface area contributed by atoms with Crippen molar-refractivity contribution in [3.05, 3.63) is 15.6 Å². The second kappa shape index (κ2) is 10.0. The van der Waals surface area contributed by atoms with Gasteiger partial charge in [0.05, 0.1) is 17.2 Å². The molecule has 28 heavy (non-hydrogen) atoms. The molecule has 158 valence electrons. The highest BCUT2D eigenvalue weighted by Crippen LogP contribution is 2.30. The molecule has 2 fully saturated rings. The van der Waals surface area contributed by atoms with Crippen molar-refractivity contribution in [3.8, 4) is 0 Å². The Morgan fingerprint density at radius 1 is 1.11 bits per heavy atom. The molecule has 0 atom stereocenters. The molecule has 0 aliphatic carbocycles. The third-order valence-electron chi connectivity index (χ3n) is 6.25. The SMILES string of the molecule is CCNC(=NCc1sc(C)nc1C)NCC1(N2CCCCC2)CCN(C)CC1. The van der Waals surface area contributed by atoms with Crippen LogP contribution in [-0.4, -0.2) is 72.6 Å². The molecule has 7 heteroatoms. The summed E-state index contributed by atoms with van der Waals surface area (Å²) in [5, 5.41) is 8.27. The normalized spacial score (nSPS) is 21.6. The van der Waals surface area contributed by atoms with Crippen molar-refractivity contribution >= 4 is 17.3 Å². The summed E-state index contributed by atoms with van der Waals surface area (Å²) in [5.74, 6) is 0.934. The molecule has 2 saturated heterocycles. The lowest BCUT2D eigenvalue weighted by molar-refractivity contribution is 0.0173. The zero-order chi connectivity index (χ0) is 20.0. The van der Waals surface area contributed by atoms with E-state index in [-0.39, 0.29) is 5.54 Å². The van der Waals surface area contributed by atoms with Crippen LogP contribution < -0.4 is 10.6 Å². The molecule has 0 unspecified atom stereocenters. The van der Waals surface area contributed by atoms with Gasteiger partial charge in [0.2, 0.25) is 0 Å². The zero-order valence-corrected chi connectivity index (χ0v) is 19.0. The van der Waals surface area contributed by atoms with Gasteiger partial charge in [-0.2, -0.15) is 0 Å². The van der Waals surface area contributed by atoms with Gasteiger partial charge in [-0.25, -0.2) is 9.98 Å². The van der Waals surface area contributed by atoms with Crippen LogP contribution in [0.1, 0.15) is 54.6 Å². The molecular formula is C21H38N6S. The van der Waals surface area contributed by atoms with Crippen molar-refractivity contribution in [2.45, 2.75) is 65.0 Å². The van der Waals surface area contributed by atoms with Gasteiger partial charge in [0.15, 0.2) is 5.96 Å². The van der Waals surface area contributed by atoms with Crippen molar-refractivity contribution in [1.29, 1.82) is 0 Å². The number of hydrogen-bond donors (Lipinski definition) is 2. The maximum absolute atomic E-state index is 4.87. The van der Waals surface area contributed by atoms with Crippen LogP contribution in [0, 0.1) is 13.8 Å². The monoisotopic (exact) mass is 406 g/mol. The zero-order valence-electron chi connectivity index (χ0n) is 18.2. The van der Waals surface area contributed by atoms with E-state index in [1.165, 1.54) is 63.2 Å². The standard InChI is InChI=1S/C21H38N6S/c1-5-22-20(23-15-19-17(2)25-18(3)28-19)24-16-21(9-13-26(4)14-10-21)27-11-7-6-8-12-27/h5-16H2,1-4H3,(H2,22,23,24). The lowest BCUT2D eigenvalue weighted by Gasteiger charge is -2.50. The summed E-state index contributed by atoms with van der Waals surface area (Å²) in [6.07, 6.45) is 6.55. The summed E-state index contributed by atoms with van der Waals surface area (Å²) < 4.78 is 0. The Balaban J connectivity index is 1.68. The first-order valence-electron chi connectivity index (χ1n) is 10.9. The molecular weight excluding hydrogens is 368 g/mol. The van der Waals surface area contributed by atoms with Gasteiger partial charge in [-0.15, -0.1) is 11.3 Å². The average molecular weight is 407 g/mol. The molecule has 1 aromatic rings. The Labute approximate surface area is 174 Å². The Morgan fingerprint density at radius 2 is 1.82 bits per heavy atom. The van der Waals surface area contributed by atoms with Crippen LogP contribution in [0.2, 0.25) is 0 Å². The summed E-state index contributed by atoms with van der Waals surface area (Å²) in [6, 6.07) is 0. The van der Waals surface area contributed by atoms with Crippen LogP contribution in [-0.2, 0) is 6.54 Å². The topological polar surface area (TPSA) is 55.8 Å². The highest BCUT2D eigenvalue weighted by Gasteiger charge is 2.39. The number of guanidine groups is 1. The second-order valence-corrected chi connectivity index (χ2v) is 9.65. The van der Waals surface area contributed by atoms with Gasteiger partial charge >= 0.3 is 0 Å². The minimum Gasteiger partial charge on any atom is -0.357 e. The van der Waals surface area contributed by atoms with Crippen LogP contribution in [0.15, 0.2) is 4.99 Å². The molecule has 1 aromatic heterocycles. The van der Waals surface area contributed by atoms with Gasteiger partial charge in [-0.05, 0) is 79.7 Å². The van der Waals surface area contributed by atoms with Crippen LogP contribution in [0.4, 0.5) is 0 Å². The highest BCUT2D eigenvalue weighted by molar-refractivity contribution is 7.11. The van der Waals surface area contributed by atoms with E-state index in [1.54, 1.807) is 11.3 Å². The van der Waals surface area contributed by atoms with Gasteiger partial charge in [0.25, 0.3) is 0 Å². The van der Waals surface area contributed by atoms with E-state index in [2.05, 4.69) is 53.2 Å². The molecule has 3 heterocycles. The average Bonchev–Trinajstić information content (AvgIpc) is 3.03. The van der Waals surface area contributed by atoms with Crippen LogP contribution in [0.5, 0.6) is 0 Å². The first kappa shape index (κ1) is 21.5. The fourth-order valence-electron chi connectivity index (χ4n) is 4.47. The molecule has 2 aliphatic heterocycles. The molecule has 0 spiro atoms. The van der Waals surface area contributed by atoms with Crippen LogP contribution in [0.25, 0.3) is 0 Å². The largest absolute Gasteiger partial charge is 0.357 e. The minimum absolute atomic E-state index is 0.264. The number of rotatable bonds is 6. The Hall–Kier alpha value is -1.18. The second-order valence-electron chi connectivity index (χ2n) is 8.37. The van der Waals surface area contributed by atoms with Crippen molar-refractivity contribution in [2.24, 2.45) is 4.99 Å². The van der Waals surface area contributed by atoms with Crippen molar-refractivity contribution < 1.29 is 0 Å². The van der Waals surface area contributed by atoms with E-state index < -0.39 is 0 Å². The summed E-state index contributed by atoms with van der Waals surface area (Å²) in [6.45, 7) is 13.7. The number of nitrogens with zero attached hydrogens (tertiary/aromatic N) is 4. The number of aromatic nitrogens is 1. The summed E-state index contributed by atoms with van der Waals surface area (Å²) >= 11 is 1.76. The number of nitrogens with one attached hydrogen (secondary N) is 2. The molecule has 0 aromatic carbocycles. The van der Waals surface area contributed by atoms with Crippen molar-refractivity contribution in [2.75, 3.05) is 46.3 Å². The summed E-state index contributed by atoms with van der Waals surface area (Å²) in [5.41, 5.74) is 1.38. The number of thiazole rings is 1. The Morgan fingerprint density at radius 3 is 2.43 bits per heavy atom. The highest BCUT2D eigenvalue weighted by atomic mass is 32.1. The number of hydrogen-bond acceptors (Lipinski definition) is 5. The van der Waals surface area contributed by atoms with Crippen molar-refractivity contribution in [3.63, 3.8) is 0 Å². The van der Waals surface area contributed by atoms with Crippen LogP contribution >= 0.6 is 11.3 Å². The van der Waals surface area contributed by atoms with E-state index >= 15 is 0 Å². The molecule has 2 aliphatic rings. The molecule has 0 bridgehead atoms. The third kappa shape index (κ3) is 5.45. The van der Waals surface area contributed by atoms with Gasteiger partial charge in [0, 0.05) is 23.5 Å². The number of aryl methyl sites for hydroxylation is 2. The number of likely N-dealkylation sites (tertiary alicyclic amines) is 2. The van der Waals surface area contributed by atoms with Gasteiger partial charge < -0.3 is 15.5 Å². The van der Waals surface area contributed by atoms with E-state index in [4.69, 9.17) is 4.99 Å². The van der Waals surface area contributed by atoms with E-state index in [9.17, 15) is 0 Å². The summed E-state index contributed by atoms with van der Waals surface area (Å²) in [4.78, 5) is 15.9. The maximum atomic E-state index is 4.87. The first-order chi connectivity index (χ1) is 13.5. The van der Waals surface area contributed by atoms with E-state index in [0.717, 1.165) is 29.8 Å². The number of aliphatic imine (C=N–C) groups is 1. The molecule has 3 rings (SSSR count). The Kier molecular flexibility index (Phi) is 7.71. The van der Waals surface area contributed by atoms with Gasteiger partial charge in [-0.1, -0.05) is 6.42 Å². The number of piperidine rings is 2. The van der Waals surface area contributed by atoms with E-state index in [0.29, 0.717) is 6.54 Å². The van der Waals surface area contributed by atoms with Gasteiger partial charge in [0.1, 0.15) is 0 Å². The fraction of sp³-hybridized carbons (Fsp3) is 0.810. The minimum atomic E-state index is 0.264. The molecule has 0 saturated carbocycles. The molecule has 0 radical (unpaired) electrons. The smallest absolute Gasteiger partial charge is 0.191 e. The predicted octanol–water partition coefficient (Wildman–Crippen LogP) is 2.77. The predicted molar refractivity (Wildman–Crippen MR) is 119 cm³/mol. The van der Waals surface area contributed by atoms with E-state index in [1.807, 2.05) is 0 Å². The molecule has 6 nitrogen and oxygen atoms in total. The summed E-state index contributed by atoms with van der Waals surface area (Å²) in [7, 11) is 2.25. The maximum Gasteiger partial charge on any atom is 0.191 e. The molecule has 0 amide bonds. The third-order valence-corrected chi connectivity index (χ3v) is 7.31. The van der Waals surface area contributed by atoms with Gasteiger partial charge in [-0.3, -0.25) is 4.90 Å². The van der Waals surface area contributed by atoms with Crippen LogP contribution in [0.3, 0.4) is 0 Å². The quantitative estimate of drug-likeness (QED) is 0.562. The first-order valence-corrected chi connectivity index (χ1v) is 11.7. The Bertz CT molecular complexity index is 641. The fourth-order valence-corrected chi connectivity index (χ4v) is 5.33. The lowest BCUT2D eigenvalue weighted by atomic mass is 9.84. The lowest BCUT2D eigenvalue weighted by Crippen LogP contribution is -2.62. The van der Waals surface area contributed by atoms with Crippen molar-refractivity contribution in [1.82, 2.24) is 25.4 Å².